The summed E-state index contributed by atoms with van der Waals surface area (Å²) in [7, 11) is 0. The first-order valence-electron chi connectivity index (χ1n) is 9.34. The first kappa shape index (κ1) is 18.9. The molecule has 0 aliphatic carbocycles. The zero-order valence-electron chi connectivity index (χ0n) is 16.1. The normalized spacial score (nSPS) is 12.5. The smallest absolute Gasteiger partial charge is 0.233 e. The third-order valence-electron chi connectivity index (χ3n) is 4.67. The van der Waals surface area contributed by atoms with Gasteiger partial charge in [0.2, 0.25) is 5.88 Å². The number of nitrogens with one attached hydrogen (secondary N) is 2. The summed E-state index contributed by atoms with van der Waals surface area (Å²) in [6, 6.07) is 17.6. The van der Waals surface area contributed by atoms with Crippen LogP contribution in [0.2, 0.25) is 0 Å². The summed E-state index contributed by atoms with van der Waals surface area (Å²) in [6.07, 6.45) is 3.19. The molecular weight excluding hydrogens is 412 g/mol. The lowest BCUT2D eigenvalue weighted by Gasteiger charge is -2.13. The Hall–Kier alpha value is -4.13. The van der Waals surface area contributed by atoms with Gasteiger partial charge in [-0.2, -0.15) is 5.26 Å². The average Bonchev–Trinajstić information content (AvgIpc) is 3.60. The highest BCUT2D eigenvalue weighted by atomic mass is 32.1. The summed E-state index contributed by atoms with van der Waals surface area (Å²) in [5.41, 5.74) is 13.6. The number of ether oxygens (including phenoxy) is 1. The molecular formula is C22H15N6O2S-. The first-order chi connectivity index (χ1) is 15.3. The lowest BCUT2D eigenvalue weighted by Crippen LogP contribution is -2.14. The molecule has 0 unspecified atom stereocenters. The topological polar surface area (TPSA) is 110 Å². The molecule has 0 spiro atoms. The second-order valence-electron chi connectivity index (χ2n) is 6.59. The number of furan rings is 1. The Kier molecular flexibility index (Phi) is 5.06. The van der Waals surface area contributed by atoms with Crippen molar-refractivity contribution in [2.45, 2.75) is 6.61 Å². The minimum atomic E-state index is 0.265. The first-order valence-corrected chi connectivity index (χ1v) is 10.2. The van der Waals surface area contributed by atoms with E-state index in [4.69, 9.17) is 9.15 Å². The number of nitriles is 1. The highest BCUT2D eigenvalue weighted by molar-refractivity contribution is 7.13. The number of hydrogen-bond donors (Lipinski definition) is 2. The van der Waals surface area contributed by atoms with Crippen molar-refractivity contribution in [1.82, 2.24) is 16.1 Å². The lowest BCUT2D eigenvalue weighted by atomic mass is 10.0. The van der Waals surface area contributed by atoms with Crippen LogP contribution in [0.25, 0.3) is 27.1 Å². The number of hydrazine groups is 1. The van der Waals surface area contributed by atoms with E-state index in [0.717, 1.165) is 32.8 Å². The largest absolute Gasteiger partial charge is 0.472 e. The van der Waals surface area contributed by atoms with Gasteiger partial charge in [-0.05, 0) is 40.5 Å². The van der Waals surface area contributed by atoms with Gasteiger partial charge in [0.15, 0.2) is 0 Å². The van der Waals surface area contributed by atoms with Crippen LogP contribution in [0.1, 0.15) is 16.7 Å². The van der Waals surface area contributed by atoms with Crippen LogP contribution in [-0.4, -0.2) is 10.8 Å². The van der Waals surface area contributed by atoms with Gasteiger partial charge in [-0.3, -0.25) is 0 Å². The standard InChI is InChI=1S/C22H15N6O2S/c23-11-18-17(16-7-8-29-13-16)10-19(20-2-1-9-31-20)24-22(18)30-12-14-3-5-15(6-4-14)21-25-27-28-26-21/h1-10,13,27-28H,12H2/q-1. The Balaban J connectivity index is 1.46. The van der Waals surface area contributed by atoms with Crippen molar-refractivity contribution in [2.24, 2.45) is 5.10 Å². The number of pyridine rings is 1. The van der Waals surface area contributed by atoms with Gasteiger partial charge in [0.25, 0.3) is 0 Å². The molecule has 3 aromatic heterocycles. The molecule has 9 heteroatoms. The number of nitrogens with zero attached hydrogens (tertiary/aromatic N) is 4. The van der Waals surface area contributed by atoms with E-state index in [-0.39, 0.29) is 12.5 Å². The van der Waals surface area contributed by atoms with Crippen molar-refractivity contribution in [3.8, 4) is 33.6 Å². The molecule has 152 valence electrons. The molecule has 0 amide bonds. The average molecular weight is 427 g/mol. The number of hydrazone groups is 1. The van der Waals surface area contributed by atoms with Crippen LogP contribution in [0.3, 0.4) is 0 Å². The van der Waals surface area contributed by atoms with Crippen LogP contribution in [0.15, 0.2) is 76.0 Å². The molecule has 0 saturated heterocycles. The highest BCUT2D eigenvalue weighted by Crippen LogP contribution is 2.35. The van der Waals surface area contributed by atoms with Crippen LogP contribution < -0.4 is 15.8 Å². The van der Waals surface area contributed by atoms with Crippen molar-refractivity contribution in [3.63, 3.8) is 0 Å². The molecule has 0 atom stereocenters. The third kappa shape index (κ3) is 3.85. The number of benzene rings is 1. The molecule has 4 aromatic rings. The van der Waals surface area contributed by atoms with E-state index < -0.39 is 0 Å². The maximum atomic E-state index is 9.84. The van der Waals surface area contributed by atoms with E-state index >= 15 is 0 Å². The number of amidine groups is 1. The Morgan fingerprint density at radius 1 is 1.16 bits per heavy atom. The number of aromatic nitrogens is 1. The van der Waals surface area contributed by atoms with Gasteiger partial charge in [0.1, 0.15) is 18.2 Å². The fourth-order valence-corrected chi connectivity index (χ4v) is 3.83. The molecule has 31 heavy (non-hydrogen) atoms. The van der Waals surface area contributed by atoms with Crippen LogP contribution >= 0.6 is 11.3 Å². The van der Waals surface area contributed by atoms with Crippen molar-refractivity contribution in [2.75, 3.05) is 0 Å². The molecule has 0 radical (unpaired) electrons. The zero-order valence-corrected chi connectivity index (χ0v) is 16.9. The van der Waals surface area contributed by atoms with Gasteiger partial charge in [-0.1, -0.05) is 30.3 Å². The quantitative estimate of drug-likeness (QED) is 0.466. The maximum Gasteiger partial charge on any atom is 0.233 e. The third-order valence-corrected chi connectivity index (χ3v) is 5.56. The lowest BCUT2D eigenvalue weighted by molar-refractivity contribution is 0.293. The Labute approximate surface area is 181 Å². The fourth-order valence-electron chi connectivity index (χ4n) is 3.14. The summed E-state index contributed by atoms with van der Waals surface area (Å²) in [5.74, 6) is 0.867. The van der Waals surface area contributed by atoms with Gasteiger partial charge in [0, 0.05) is 11.1 Å². The Morgan fingerprint density at radius 2 is 2.06 bits per heavy atom. The van der Waals surface area contributed by atoms with E-state index in [1.165, 1.54) is 0 Å². The fraction of sp³-hybridized carbons (Fsp3) is 0.0455. The summed E-state index contributed by atoms with van der Waals surface area (Å²) in [4.78, 5) is 5.63. The van der Waals surface area contributed by atoms with Crippen molar-refractivity contribution in [1.29, 1.82) is 5.26 Å². The number of hydrogen-bond acceptors (Lipinski definition) is 8. The van der Waals surface area contributed by atoms with Gasteiger partial charge in [0.05, 0.1) is 23.1 Å². The van der Waals surface area contributed by atoms with Crippen molar-refractivity contribution < 1.29 is 9.15 Å². The molecule has 8 nitrogen and oxygen atoms in total. The summed E-state index contributed by atoms with van der Waals surface area (Å²) in [5, 5.41) is 15.9. The second-order valence-corrected chi connectivity index (χ2v) is 7.54. The highest BCUT2D eigenvalue weighted by Gasteiger charge is 2.18. The maximum absolute atomic E-state index is 9.84. The molecule has 2 N–H and O–H groups in total. The Bertz CT molecular complexity index is 1260. The van der Waals surface area contributed by atoms with Crippen molar-refractivity contribution >= 4 is 17.2 Å². The Morgan fingerprint density at radius 3 is 2.74 bits per heavy atom. The van der Waals surface area contributed by atoms with Gasteiger partial charge < -0.3 is 25.2 Å². The van der Waals surface area contributed by atoms with E-state index in [2.05, 4.69) is 32.6 Å². The predicted molar refractivity (Wildman–Crippen MR) is 117 cm³/mol. The van der Waals surface area contributed by atoms with Gasteiger partial charge >= 0.3 is 0 Å². The number of rotatable bonds is 6. The van der Waals surface area contributed by atoms with E-state index in [9.17, 15) is 5.26 Å². The van der Waals surface area contributed by atoms with Crippen LogP contribution in [0.5, 0.6) is 5.88 Å². The minimum Gasteiger partial charge on any atom is -0.472 e. The SMILES string of the molecule is N#Cc1c(-c2ccoc2)cc(-c2cccs2)nc1OCc1ccc(C2=NNN[N-]2)cc1. The monoisotopic (exact) mass is 427 g/mol. The molecule has 1 aliphatic heterocycles. The molecule has 0 fully saturated rings. The zero-order chi connectivity index (χ0) is 21.0. The predicted octanol–water partition coefficient (Wildman–Crippen LogP) is 4.58. The minimum absolute atomic E-state index is 0.265. The summed E-state index contributed by atoms with van der Waals surface area (Å²) < 4.78 is 11.2. The van der Waals surface area contributed by atoms with E-state index in [1.807, 2.05) is 53.9 Å². The van der Waals surface area contributed by atoms with Crippen molar-refractivity contribution in [3.05, 3.63) is 88.6 Å². The molecule has 1 aliphatic rings. The van der Waals surface area contributed by atoms with E-state index in [0.29, 0.717) is 11.4 Å². The second kappa shape index (κ2) is 8.31. The summed E-state index contributed by atoms with van der Waals surface area (Å²) >= 11 is 1.58. The molecule has 1 aromatic carbocycles. The molecule has 0 saturated carbocycles. The van der Waals surface area contributed by atoms with Gasteiger partial charge in [-0.25, -0.2) is 10.5 Å². The summed E-state index contributed by atoms with van der Waals surface area (Å²) in [6.45, 7) is 0.265. The van der Waals surface area contributed by atoms with Crippen LogP contribution in [-0.2, 0) is 6.61 Å². The number of thiophene rings is 1. The van der Waals surface area contributed by atoms with Crippen LogP contribution in [0, 0.1) is 11.3 Å². The molecule has 5 rings (SSSR count). The molecule has 4 heterocycles. The van der Waals surface area contributed by atoms with E-state index in [1.54, 1.807) is 23.9 Å². The van der Waals surface area contributed by atoms with Gasteiger partial charge in [-0.15, -0.1) is 11.3 Å². The van der Waals surface area contributed by atoms with Crippen LogP contribution in [0.4, 0.5) is 0 Å². The molecule has 0 bridgehead atoms.